The maximum Gasteiger partial charge on any atom is 0.305 e. The maximum absolute atomic E-state index is 11.8. The fraction of sp³-hybridized carbons (Fsp3) is 0.973. The summed E-state index contributed by atoms with van der Waals surface area (Å²) in [7, 11) is 0. The lowest BCUT2D eigenvalue weighted by Gasteiger charge is -2.05. The van der Waals surface area contributed by atoms with E-state index in [1.807, 2.05) is 0 Å². The molecular weight excluding hydrogens is 476 g/mol. The number of unbranched alkanes of at least 4 members (excludes halogenated alkanes) is 30. The molecule has 0 aromatic carbocycles. The van der Waals surface area contributed by atoms with E-state index in [9.17, 15) is 4.79 Å². The fourth-order valence-corrected chi connectivity index (χ4v) is 5.73. The van der Waals surface area contributed by atoms with Gasteiger partial charge in [-0.05, 0) is 12.8 Å². The van der Waals surface area contributed by atoms with Crippen molar-refractivity contribution in [2.24, 2.45) is 0 Å². The first-order valence-electron chi connectivity index (χ1n) is 18.5. The van der Waals surface area contributed by atoms with Crippen molar-refractivity contribution in [3.05, 3.63) is 0 Å². The molecule has 2 heteroatoms. The molecule has 0 aliphatic heterocycles. The van der Waals surface area contributed by atoms with Crippen LogP contribution in [0.5, 0.6) is 0 Å². The van der Waals surface area contributed by atoms with Crippen molar-refractivity contribution in [3.63, 3.8) is 0 Å². The standard InChI is InChI=1S/C37H74O2/c1-3-5-7-9-10-11-12-13-14-15-16-17-18-19-20-21-22-23-24-25-26-27-28-29-30-31-33-35-37(38)39-36-34-32-8-6-4-2/h3-36H2,1-2H3. The molecule has 0 amide bonds. The van der Waals surface area contributed by atoms with Crippen LogP contribution >= 0.6 is 0 Å². The zero-order chi connectivity index (χ0) is 28.3. The van der Waals surface area contributed by atoms with Gasteiger partial charge in [0.05, 0.1) is 6.61 Å². The summed E-state index contributed by atoms with van der Waals surface area (Å²) in [6.07, 6.45) is 44.9. The van der Waals surface area contributed by atoms with Gasteiger partial charge in [0, 0.05) is 6.42 Å². The Labute approximate surface area is 247 Å². The second-order valence-electron chi connectivity index (χ2n) is 12.6. The molecule has 0 bridgehead atoms. The van der Waals surface area contributed by atoms with Crippen LogP contribution in [0.15, 0.2) is 0 Å². The second kappa shape index (κ2) is 35.5. The van der Waals surface area contributed by atoms with Crippen molar-refractivity contribution in [1.29, 1.82) is 0 Å². The van der Waals surface area contributed by atoms with Gasteiger partial charge in [-0.2, -0.15) is 0 Å². The van der Waals surface area contributed by atoms with Crippen molar-refractivity contribution in [3.8, 4) is 0 Å². The summed E-state index contributed by atoms with van der Waals surface area (Å²) in [6.45, 7) is 5.15. The Hall–Kier alpha value is -0.530. The predicted molar refractivity (Wildman–Crippen MR) is 175 cm³/mol. The molecular formula is C37H74O2. The average Bonchev–Trinajstić information content (AvgIpc) is 2.94. The van der Waals surface area contributed by atoms with Crippen LogP contribution in [0.4, 0.5) is 0 Å². The summed E-state index contributed by atoms with van der Waals surface area (Å²) >= 11 is 0. The van der Waals surface area contributed by atoms with Gasteiger partial charge in [0.2, 0.25) is 0 Å². The predicted octanol–water partition coefficient (Wildman–Crippen LogP) is 13.4. The van der Waals surface area contributed by atoms with Gasteiger partial charge in [-0.25, -0.2) is 0 Å². The van der Waals surface area contributed by atoms with Gasteiger partial charge < -0.3 is 4.74 Å². The summed E-state index contributed by atoms with van der Waals surface area (Å²) in [5, 5.41) is 0. The van der Waals surface area contributed by atoms with Gasteiger partial charge in [0.15, 0.2) is 0 Å². The summed E-state index contributed by atoms with van der Waals surface area (Å²) in [6, 6.07) is 0. The van der Waals surface area contributed by atoms with Crippen molar-refractivity contribution in [2.75, 3.05) is 6.61 Å². The molecule has 0 aromatic rings. The minimum atomic E-state index is 0.0186. The molecule has 0 rings (SSSR count). The molecule has 0 saturated heterocycles. The molecule has 234 valence electrons. The molecule has 0 aliphatic rings. The van der Waals surface area contributed by atoms with Crippen LogP contribution in [0.2, 0.25) is 0 Å². The Morgan fingerprint density at radius 3 is 0.846 bits per heavy atom. The molecule has 0 atom stereocenters. The van der Waals surface area contributed by atoms with E-state index in [1.165, 1.54) is 193 Å². The number of carbonyl (C=O) groups is 1. The minimum Gasteiger partial charge on any atom is -0.466 e. The van der Waals surface area contributed by atoms with Crippen LogP contribution in [0.25, 0.3) is 0 Å². The molecule has 0 aromatic heterocycles. The first-order chi connectivity index (χ1) is 19.3. The van der Waals surface area contributed by atoms with Gasteiger partial charge >= 0.3 is 5.97 Å². The quantitative estimate of drug-likeness (QED) is 0.0588. The SMILES string of the molecule is CCCCCCCCCCCCCCCCCCCCCCCCCCCCCC(=O)OCCCCCCC. The number of rotatable bonds is 34. The number of esters is 1. The van der Waals surface area contributed by atoms with Crippen molar-refractivity contribution in [1.82, 2.24) is 0 Å². The molecule has 0 spiro atoms. The lowest BCUT2D eigenvalue weighted by atomic mass is 10.0. The highest BCUT2D eigenvalue weighted by atomic mass is 16.5. The largest absolute Gasteiger partial charge is 0.466 e. The van der Waals surface area contributed by atoms with Gasteiger partial charge in [0.1, 0.15) is 0 Å². The third-order valence-electron chi connectivity index (χ3n) is 8.50. The third kappa shape index (κ3) is 35.4. The van der Waals surface area contributed by atoms with Gasteiger partial charge in [-0.3, -0.25) is 4.79 Å². The first kappa shape index (κ1) is 38.5. The highest BCUT2D eigenvalue weighted by Crippen LogP contribution is 2.16. The van der Waals surface area contributed by atoms with E-state index in [2.05, 4.69) is 13.8 Å². The van der Waals surface area contributed by atoms with Crippen molar-refractivity contribution < 1.29 is 9.53 Å². The molecule has 0 aliphatic carbocycles. The number of ether oxygens (including phenoxy) is 1. The number of hydrogen-bond acceptors (Lipinski definition) is 2. The Morgan fingerprint density at radius 1 is 0.333 bits per heavy atom. The zero-order valence-electron chi connectivity index (χ0n) is 27.4. The minimum absolute atomic E-state index is 0.0186. The molecule has 0 fully saturated rings. The Kier molecular flexibility index (Phi) is 35.0. The number of carbonyl (C=O) groups excluding carboxylic acids is 1. The summed E-state index contributed by atoms with van der Waals surface area (Å²) in [5.74, 6) is 0.0186. The van der Waals surface area contributed by atoms with Gasteiger partial charge in [0.25, 0.3) is 0 Å². The fourth-order valence-electron chi connectivity index (χ4n) is 5.73. The maximum atomic E-state index is 11.8. The van der Waals surface area contributed by atoms with E-state index in [0.717, 1.165) is 12.8 Å². The normalized spacial score (nSPS) is 11.3. The zero-order valence-corrected chi connectivity index (χ0v) is 27.4. The summed E-state index contributed by atoms with van der Waals surface area (Å²) < 4.78 is 5.34. The smallest absolute Gasteiger partial charge is 0.305 e. The van der Waals surface area contributed by atoms with Crippen LogP contribution in [0.3, 0.4) is 0 Å². The average molecular weight is 551 g/mol. The van der Waals surface area contributed by atoms with E-state index in [0.29, 0.717) is 13.0 Å². The first-order valence-corrected chi connectivity index (χ1v) is 18.5. The molecule has 0 unspecified atom stereocenters. The van der Waals surface area contributed by atoms with E-state index < -0.39 is 0 Å². The van der Waals surface area contributed by atoms with Crippen molar-refractivity contribution >= 4 is 5.97 Å². The summed E-state index contributed by atoms with van der Waals surface area (Å²) in [5.41, 5.74) is 0. The molecule has 2 nitrogen and oxygen atoms in total. The van der Waals surface area contributed by atoms with E-state index in [4.69, 9.17) is 4.74 Å². The van der Waals surface area contributed by atoms with Gasteiger partial charge in [-0.1, -0.05) is 206 Å². The van der Waals surface area contributed by atoms with E-state index in [1.54, 1.807) is 0 Å². The van der Waals surface area contributed by atoms with E-state index in [-0.39, 0.29) is 5.97 Å². The van der Waals surface area contributed by atoms with Crippen LogP contribution in [-0.2, 0) is 9.53 Å². The van der Waals surface area contributed by atoms with E-state index >= 15 is 0 Å². The highest BCUT2D eigenvalue weighted by Gasteiger charge is 2.02. The molecule has 0 radical (unpaired) electrons. The van der Waals surface area contributed by atoms with Crippen molar-refractivity contribution in [2.45, 2.75) is 226 Å². The van der Waals surface area contributed by atoms with Crippen LogP contribution in [0.1, 0.15) is 226 Å². The Morgan fingerprint density at radius 2 is 0.564 bits per heavy atom. The number of hydrogen-bond donors (Lipinski definition) is 0. The van der Waals surface area contributed by atoms with Crippen LogP contribution in [0, 0.1) is 0 Å². The highest BCUT2D eigenvalue weighted by molar-refractivity contribution is 5.69. The second-order valence-corrected chi connectivity index (χ2v) is 12.6. The Balaban J connectivity index is 3.09. The molecule has 0 saturated carbocycles. The lowest BCUT2D eigenvalue weighted by Crippen LogP contribution is -2.05. The lowest BCUT2D eigenvalue weighted by molar-refractivity contribution is -0.143. The molecule has 0 heterocycles. The summed E-state index contributed by atoms with van der Waals surface area (Å²) in [4.78, 5) is 11.8. The molecule has 0 N–H and O–H groups in total. The van der Waals surface area contributed by atoms with Crippen LogP contribution in [-0.4, -0.2) is 12.6 Å². The third-order valence-corrected chi connectivity index (χ3v) is 8.50. The topological polar surface area (TPSA) is 26.3 Å². The molecule has 39 heavy (non-hydrogen) atoms. The van der Waals surface area contributed by atoms with Gasteiger partial charge in [-0.15, -0.1) is 0 Å². The monoisotopic (exact) mass is 551 g/mol. The van der Waals surface area contributed by atoms with Crippen LogP contribution < -0.4 is 0 Å². The Bertz CT molecular complexity index is 447.